The van der Waals surface area contributed by atoms with Crippen LogP contribution in [0.25, 0.3) is 0 Å². The standard InChI is InChI=1S/C14H11BrFNO3/c15-11-6-3-5-10(14(11)16)13(18)8-9-4-1-2-7-12(9)17(19)20/h1-7,13,18H,8H2. The van der Waals surface area contributed by atoms with Gasteiger partial charge in [-0.15, -0.1) is 0 Å². The molecule has 2 aromatic carbocycles. The predicted molar refractivity (Wildman–Crippen MR) is 75.9 cm³/mol. The molecule has 104 valence electrons. The minimum absolute atomic E-state index is 0.0233. The fourth-order valence-electron chi connectivity index (χ4n) is 1.96. The Morgan fingerprint density at radius 3 is 2.65 bits per heavy atom. The largest absolute Gasteiger partial charge is 0.388 e. The van der Waals surface area contributed by atoms with Gasteiger partial charge in [-0.25, -0.2) is 4.39 Å². The zero-order chi connectivity index (χ0) is 14.7. The van der Waals surface area contributed by atoms with Gasteiger partial charge < -0.3 is 5.11 Å². The van der Waals surface area contributed by atoms with Crippen LogP contribution in [0.15, 0.2) is 46.9 Å². The third kappa shape index (κ3) is 3.02. The highest BCUT2D eigenvalue weighted by Crippen LogP contribution is 2.28. The fraction of sp³-hybridized carbons (Fsp3) is 0.143. The molecular weight excluding hydrogens is 329 g/mol. The summed E-state index contributed by atoms with van der Waals surface area (Å²) in [5.41, 5.74) is 0.392. The first kappa shape index (κ1) is 14.6. The molecule has 0 saturated carbocycles. The van der Waals surface area contributed by atoms with Gasteiger partial charge in [-0.2, -0.15) is 0 Å². The summed E-state index contributed by atoms with van der Waals surface area (Å²) in [6, 6.07) is 10.7. The molecule has 0 aliphatic heterocycles. The second-order valence-electron chi connectivity index (χ2n) is 4.25. The Bertz CT molecular complexity index is 648. The number of nitro groups is 1. The van der Waals surface area contributed by atoms with Crippen molar-refractivity contribution in [3.8, 4) is 0 Å². The summed E-state index contributed by atoms with van der Waals surface area (Å²) in [5, 5.41) is 21.0. The molecule has 0 heterocycles. The summed E-state index contributed by atoms with van der Waals surface area (Å²) >= 11 is 3.04. The van der Waals surface area contributed by atoms with E-state index in [4.69, 9.17) is 0 Å². The van der Waals surface area contributed by atoms with E-state index in [0.29, 0.717) is 5.56 Å². The van der Waals surface area contributed by atoms with E-state index in [1.807, 2.05) is 0 Å². The second-order valence-corrected chi connectivity index (χ2v) is 5.10. The van der Waals surface area contributed by atoms with E-state index < -0.39 is 16.8 Å². The van der Waals surface area contributed by atoms with Gasteiger partial charge in [-0.3, -0.25) is 10.1 Å². The summed E-state index contributed by atoms with van der Waals surface area (Å²) in [6.07, 6.45) is -1.17. The van der Waals surface area contributed by atoms with Crippen molar-refractivity contribution in [1.82, 2.24) is 0 Å². The lowest BCUT2D eigenvalue weighted by Crippen LogP contribution is -2.06. The number of para-hydroxylation sites is 1. The molecule has 0 saturated heterocycles. The first-order valence-corrected chi connectivity index (χ1v) is 6.64. The van der Waals surface area contributed by atoms with Gasteiger partial charge in [0.1, 0.15) is 5.82 Å². The van der Waals surface area contributed by atoms with Crippen LogP contribution < -0.4 is 0 Å². The minimum atomic E-state index is -1.14. The van der Waals surface area contributed by atoms with E-state index in [-0.39, 0.29) is 22.1 Å². The average Bonchev–Trinajstić information content (AvgIpc) is 2.42. The number of hydrogen-bond acceptors (Lipinski definition) is 3. The number of aliphatic hydroxyl groups is 1. The Labute approximate surface area is 123 Å². The maximum absolute atomic E-state index is 13.9. The Morgan fingerprint density at radius 2 is 1.95 bits per heavy atom. The predicted octanol–water partition coefficient (Wildman–Crippen LogP) is 3.77. The summed E-state index contributed by atoms with van der Waals surface area (Å²) < 4.78 is 14.1. The molecule has 0 amide bonds. The zero-order valence-corrected chi connectivity index (χ0v) is 11.9. The van der Waals surface area contributed by atoms with Gasteiger partial charge in [0.25, 0.3) is 5.69 Å². The number of hydrogen-bond donors (Lipinski definition) is 1. The van der Waals surface area contributed by atoms with Crippen molar-refractivity contribution >= 4 is 21.6 Å². The molecule has 0 aromatic heterocycles. The fourth-order valence-corrected chi connectivity index (χ4v) is 2.34. The molecule has 4 nitrogen and oxygen atoms in total. The zero-order valence-electron chi connectivity index (χ0n) is 10.3. The number of benzene rings is 2. The summed E-state index contributed by atoms with van der Waals surface area (Å²) in [6.45, 7) is 0. The Hall–Kier alpha value is -1.79. The van der Waals surface area contributed by atoms with Gasteiger partial charge >= 0.3 is 0 Å². The van der Waals surface area contributed by atoms with Crippen molar-refractivity contribution in [3.63, 3.8) is 0 Å². The number of nitro benzene ring substituents is 1. The van der Waals surface area contributed by atoms with E-state index in [1.165, 1.54) is 18.2 Å². The van der Waals surface area contributed by atoms with E-state index >= 15 is 0 Å². The normalized spacial score (nSPS) is 12.2. The van der Waals surface area contributed by atoms with Gasteiger partial charge in [-0.05, 0) is 22.0 Å². The van der Waals surface area contributed by atoms with Crippen LogP contribution in [0.2, 0.25) is 0 Å². The topological polar surface area (TPSA) is 63.4 Å². The summed E-state index contributed by atoms with van der Waals surface area (Å²) in [4.78, 5) is 10.4. The molecule has 0 spiro atoms. The molecule has 1 unspecified atom stereocenters. The van der Waals surface area contributed by atoms with Gasteiger partial charge in [0.05, 0.1) is 15.5 Å². The van der Waals surface area contributed by atoms with Crippen LogP contribution in [-0.4, -0.2) is 10.0 Å². The average molecular weight is 340 g/mol. The van der Waals surface area contributed by atoms with Crippen molar-refractivity contribution in [3.05, 3.63) is 74.0 Å². The minimum Gasteiger partial charge on any atom is -0.388 e. The monoisotopic (exact) mass is 339 g/mol. The molecule has 2 rings (SSSR count). The van der Waals surface area contributed by atoms with Crippen molar-refractivity contribution < 1.29 is 14.4 Å². The van der Waals surface area contributed by atoms with Crippen LogP contribution in [0, 0.1) is 15.9 Å². The van der Waals surface area contributed by atoms with Crippen molar-refractivity contribution in [1.29, 1.82) is 0 Å². The molecule has 0 bridgehead atoms. The van der Waals surface area contributed by atoms with Gasteiger partial charge in [-0.1, -0.05) is 30.3 Å². The lowest BCUT2D eigenvalue weighted by Gasteiger charge is -2.13. The summed E-state index contributed by atoms with van der Waals surface area (Å²) in [5.74, 6) is -0.557. The van der Waals surface area contributed by atoms with Gasteiger partial charge in [0.15, 0.2) is 0 Å². The lowest BCUT2D eigenvalue weighted by atomic mass is 10.00. The molecular formula is C14H11BrFNO3. The molecule has 20 heavy (non-hydrogen) atoms. The van der Waals surface area contributed by atoms with Crippen LogP contribution in [0.4, 0.5) is 10.1 Å². The molecule has 0 aliphatic carbocycles. The quantitative estimate of drug-likeness (QED) is 0.681. The first-order chi connectivity index (χ1) is 9.50. The molecule has 6 heteroatoms. The van der Waals surface area contributed by atoms with E-state index in [2.05, 4.69) is 15.9 Å². The number of nitrogens with zero attached hydrogens (tertiary/aromatic N) is 1. The number of rotatable bonds is 4. The maximum Gasteiger partial charge on any atom is 0.272 e. The number of halogens is 2. The highest BCUT2D eigenvalue weighted by atomic mass is 79.9. The Kier molecular flexibility index (Phi) is 4.46. The number of aliphatic hydroxyl groups excluding tert-OH is 1. The molecule has 0 radical (unpaired) electrons. The van der Waals surface area contributed by atoms with Crippen LogP contribution >= 0.6 is 15.9 Å². The first-order valence-electron chi connectivity index (χ1n) is 5.85. The summed E-state index contributed by atoms with van der Waals surface area (Å²) in [7, 11) is 0. The molecule has 0 aliphatic rings. The molecule has 2 aromatic rings. The van der Waals surface area contributed by atoms with Gasteiger partial charge in [0, 0.05) is 23.6 Å². The second kappa shape index (κ2) is 6.11. The molecule has 1 N–H and O–H groups in total. The highest BCUT2D eigenvalue weighted by molar-refractivity contribution is 9.10. The van der Waals surface area contributed by atoms with Crippen molar-refractivity contribution in [2.75, 3.05) is 0 Å². The third-order valence-corrected chi connectivity index (χ3v) is 3.55. The van der Waals surface area contributed by atoms with Crippen molar-refractivity contribution in [2.24, 2.45) is 0 Å². The Morgan fingerprint density at radius 1 is 1.25 bits per heavy atom. The van der Waals surface area contributed by atoms with E-state index in [0.717, 1.165) is 0 Å². The van der Waals surface area contributed by atoms with E-state index in [9.17, 15) is 19.6 Å². The van der Waals surface area contributed by atoms with Crippen LogP contribution in [0.5, 0.6) is 0 Å². The van der Waals surface area contributed by atoms with Crippen LogP contribution in [-0.2, 0) is 6.42 Å². The SMILES string of the molecule is O=[N+]([O-])c1ccccc1CC(O)c1cccc(Br)c1F. The van der Waals surface area contributed by atoms with Crippen LogP contribution in [0.1, 0.15) is 17.2 Å². The maximum atomic E-state index is 13.9. The molecule has 1 atom stereocenters. The van der Waals surface area contributed by atoms with Gasteiger partial charge in [0.2, 0.25) is 0 Å². The molecule has 0 fully saturated rings. The van der Waals surface area contributed by atoms with Crippen molar-refractivity contribution in [2.45, 2.75) is 12.5 Å². The van der Waals surface area contributed by atoms with E-state index in [1.54, 1.807) is 24.3 Å². The third-order valence-electron chi connectivity index (χ3n) is 2.94. The highest BCUT2D eigenvalue weighted by Gasteiger charge is 2.20. The lowest BCUT2D eigenvalue weighted by molar-refractivity contribution is -0.385. The Balaban J connectivity index is 2.30. The van der Waals surface area contributed by atoms with Crippen LogP contribution in [0.3, 0.4) is 0 Å². The smallest absolute Gasteiger partial charge is 0.272 e.